The standard InChI is InChI=1S/C19H24N2O4/c1-15-3-5-16(6-4-15)24-14-19(23)10-2-12-21(13-19)18(22)8-7-17-9-11-20-25-17/h3-6,9,11,23H,2,7-8,10,12-14H2,1H3. The van der Waals surface area contributed by atoms with Gasteiger partial charge >= 0.3 is 0 Å². The number of β-amino-alcohol motifs (C(OH)–C–C–N with tert-alkyl or cyclic N) is 1. The van der Waals surface area contributed by atoms with Crippen LogP contribution in [0.4, 0.5) is 0 Å². The third-order valence-electron chi connectivity index (χ3n) is 4.51. The number of aromatic nitrogens is 1. The molecule has 1 amide bonds. The number of hydrogen-bond donors (Lipinski definition) is 1. The molecule has 1 atom stereocenters. The van der Waals surface area contributed by atoms with E-state index in [0.717, 1.165) is 17.7 Å². The largest absolute Gasteiger partial charge is 0.491 e. The molecule has 6 heteroatoms. The molecule has 0 saturated carbocycles. The maximum atomic E-state index is 12.4. The Morgan fingerprint density at radius 3 is 2.88 bits per heavy atom. The first kappa shape index (κ1) is 17.5. The molecule has 2 aromatic rings. The minimum Gasteiger partial charge on any atom is -0.491 e. The van der Waals surface area contributed by atoms with Crippen LogP contribution < -0.4 is 4.74 Å². The van der Waals surface area contributed by atoms with Crippen LogP contribution in [-0.2, 0) is 11.2 Å². The smallest absolute Gasteiger partial charge is 0.223 e. The number of piperidine rings is 1. The van der Waals surface area contributed by atoms with Gasteiger partial charge in [0.1, 0.15) is 23.7 Å². The van der Waals surface area contributed by atoms with Crippen LogP contribution in [0.25, 0.3) is 0 Å². The minimum atomic E-state index is -1.01. The summed E-state index contributed by atoms with van der Waals surface area (Å²) in [6.07, 6.45) is 3.84. The van der Waals surface area contributed by atoms with E-state index in [9.17, 15) is 9.90 Å². The monoisotopic (exact) mass is 344 g/mol. The van der Waals surface area contributed by atoms with E-state index in [4.69, 9.17) is 9.26 Å². The van der Waals surface area contributed by atoms with Crippen molar-refractivity contribution >= 4 is 5.91 Å². The van der Waals surface area contributed by atoms with Crippen LogP contribution >= 0.6 is 0 Å². The quantitative estimate of drug-likeness (QED) is 0.870. The highest BCUT2D eigenvalue weighted by Crippen LogP contribution is 2.24. The molecule has 1 saturated heterocycles. The number of aliphatic hydroxyl groups is 1. The first-order chi connectivity index (χ1) is 12.0. The molecular weight excluding hydrogens is 320 g/mol. The van der Waals surface area contributed by atoms with E-state index in [1.165, 1.54) is 0 Å². The Bertz CT molecular complexity index is 684. The third-order valence-corrected chi connectivity index (χ3v) is 4.51. The molecule has 1 aliphatic heterocycles. The van der Waals surface area contributed by atoms with Crippen molar-refractivity contribution in [1.82, 2.24) is 10.1 Å². The van der Waals surface area contributed by atoms with Crippen molar-refractivity contribution in [3.8, 4) is 5.75 Å². The molecule has 1 aromatic heterocycles. The number of nitrogens with zero attached hydrogens (tertiary/aromatic N) is 2. The predicted molar refractivity (Wildman–Crippen MR) is 92.3 cm³/mol. The molecule has 0 bridgehead atoms. The van der Waals surface area contributed by atoms with Crippen molar-refractivity contribution in [2.75, 3.05) is 19.7 Å². The summed E-state index contributed by atoms with van der Waals surface area (Å²) in [5.74, 6) is 1.45. The summed E-state index contributed by atoms with van der Waals surface area (Å²) < 4.78 is 10.8. The predicted octanol–water partition coefficient (Wildman–Crippen LogP) is 2.35. The molecule has 0 radical (unpaired) electrons. The lowest BCUT2D eigenvalue weighted by molar-refractivity contribution is -0.140. The van der Waals surface area contributed by atoms with E-state index in [2.05, 4.69) is 5.16 Å². The first-order valence-corrected chi connectivity index (χ1v) is 8.63. The number of rotatable bonds is 6. The number of amides is 1. The van der Waals surface area contributed by atoms with Crippen molar-refractivity contribution in [1.29, 1.82) is 0 Å². The fourth-order valence-corrected chi connectivity index (χ4v) is 3.05. The molecule has 1 unspecified atom stereocenters. The molecule has 1 N–H and O–H groups in total. The van der Waals surface area contributed by atoms with Crippen molar-refractivity contribution in [2.24, 2.45) is 0 Å². The van der Waals surface area contributed by atoms with Gasteiger partial charge in [-0.3, -0.25) is 4.79 Å². The van der Waals surface area contributed by atoms with Crippen molar-refractivity contribution in [3.05, 3.63) is 47.9 Å². The van der Waals surface area contributed by atoms with E-state index in [1.807, 2.05) is 31.2 Å². The number of carbonyl (C=O) groups excluding carboxylic acids is 1. The molecule has 1 aromatic carbocycles. The molecule has 0 spiro atoms. The van der Waals surface area contributed by atoms with Crippen LogP contribution in [-0.4, -0.2) is 46.4 Å². The van der Waals surface area contributed by atoms with Crippen LogP contribution in [0.15, 0.2) is 41.1 Å². The SMILES string of the molecule is Cc1ccc(OCC2(O)CCCN(C(=O)CCc3ccno3)C2)cc1. The highest BCUT2D eigenvalue weighted by Gasteiger charge is 2.36. The first-order valence-electron chi connectivity index (χ1n) is 8.63. The van der Waals surface area contributed by atoms with E-state index < -0.39 is 5.60 Å². The summed E-state index contributed by atoms with van der Waals surface area (Å²) in [6, 6.07) is 9.48. The second-order valence-corrected chi connectivity index (χ2v) is 6.72. The number of likely N-dealkylation sites (tertiary alicyclic amines) is 1. The Balaban J connectivity index is 1.51. The van der Waals surface area contributed by atoms with Gasteiger partial charge in [-0.05, 0) is 31.9 Å². The van der Waals surface area contributed by atoms with Gasteiger partial charge in [-0.25, -0.2) is 0 Å². The van der Waals surface area contributed by atoms with Gasteiger partial charge in [0.05, 0.1) is 12.7 Å². The summed E-state index contributed by atoms with van der Waals surface area (Å²) in [4.78, 5) is 14.1. The van der Waals surface area contributed by atoms with Gasteiger partial charge in [0.25, 0.3) is 0 Å². The van der Waals surface area contributed by atoms with Gasteiger partial charge in [0.15, 0.2) is 0 Å². The zero-order valence-electron chi connectivity index (χ0n) is 14.5. The van der Waals surface area contributed by atoms with Gasteiger partial charge < -0.3 is 19.3 Å². The lowest BCUT2D eigenvalue weighted by atomic mass is 9.93. The normalized spacial score (nSPS) is 20.5. The van der Waals surface area contributed by atoms with E-state index >= 15 is 0 Å². The second kappa shape index (κ2) is 7.70. The van der Waals surface area contributed by atoms with Gasteiger partial charge in [-0.1, -0.05) is 22.9 Å². The van der Waals surface area contributed by atoms with Crippen LogP contribution in [0.2, 0.25) is 0 Å². The average molecular weight is 344 g/mol. The highest BCUT2D eigenvalue weighted by molar-refractivity contribution is 5.76. The van der Waals surface area contributed by atoms with Crippen LogP contribution in [0, 0.1) is 6.92 Å². The summed E-state index contributed by atoms with van der Waals surface area (Å²) in [5, 5.41) is 14.4. The Kier molecular flexibility index (Phi) is 5.38. The molecule has 134 valence electrons. The lowest BCUT2D eigenvalue weighted by Crippen LogP contribution is -2.53. The molecule has 2 heterocycles. The zero-order chi connectivity index (χ0) is 17.7. The summed E-state index contributed by atoms with van der Waals surface area (Å²) in [6.45, 7) is 3.17. The lowest BCUT2D eigenvalue weighted by Gasteiger charge is -2.39. The number of ether oxygens (including phenoxy) is 1. The minimum absolute atomic E-state index is 0.0184. The number of aryl methyl sites for hydroxylation is 2. The molecular formula is C19H24N2O4. The molecule has 0 aliphatic carbocycles. The molecule has 3 rings (SSSR count). The number of carbonyl (C=O) groups is 1. The highest BCUT2D eigenvalue weighted by atomic mass is 16.5. The maximum absolute atomic E-state index is 12.4. The van der Waals surface area contributed by atoms with Gasteiger partial charge in [0.2, 0.25) is 5.91 Å². The summed E-state index contributed by atoms with van der Waals surface area (Å²) >= 11 is 0. The van der Waals surface area contributed by atoms with E-state index in [-0.39, 0.29) is 12.5 Å². The molecule has 1 fully saturated rings. The van der Waals surface area contributed by atoms with Crippen LogP contribution in [0.5, 0.6) is 5.75 Å². The van der Waals surface area contributed by atoms with Crippen LogP contribution in [0.3, 0.4) is 0 Å². The van der Waals surface area contributed by atoms with Crippen molar-refractivity contribution in [3.63, 3.8) is 0 Å². The second-order valence-electron chi connectivity index (χ2n) is 6.72. The van der Waals surface area contributed by atoms with Gasteiger partial charge in [-0.2, -0.15) is 0 Å². The van der Waals surface area contributed by atoms with Crippen molar-refractivity contribution < 1.29 is 19.2 Å². The number of hydrogen-bond acceptors (Lipinski definition) is 5. The van der Waals surface area contributed by atoms with Gasteiger partial charge in [-0.15, -0.1) is 0 Å². The Morgan fingerprint density at radius 1 is 1.36 bits per heavy atom. The van der Waals surface area contributed by atoms with E-state index in [1.54, 1.807) is 17.2 Å². The fraction of sp³-hybridized carbons (Fsp3) is 0.474. The average Bonchev–Trinajstić information content (AvgIpc) is 3.13. The zero-order valence-corrected chi connectivity index (χ0v) is 14.5. The molecule has 1 aliphatic rings. The maximum Gasteiger partial charge on any atom is 0.223 e. The summed E-state index contributed by atoms with van der Waals surface area (Å²) in [5.41, 5.74) is 0.151. The molecule has 25 heavy (non-hydrogen) atoms. The van der Waals surface area contributed by atoms with Crippen molar-refractivity contribution in [2.45, 2.75) is 38.2 Å². The molecule has 6 nitrogen and oxygen atoms in total. The van der Waals surface area contributed by atoms with Gasteiger partial charge in [0, 0.05) is 25.5 Å². The topological polar surface area (TPSA) is 75.8 Å². The Hall–Kier alpha value is -2.34. The fourth-order valence-electron chi connectivity index (χ4n) is 3.05. The Morgan fingerprint density at radius 2 is 2.16 bits per heavy atom. The van der Waals surface area contributed by atoms with Crippen LogP contribution in [0.1, 0.15) is 30.6 Å². The number of benzene rings is 1. The summed E-state index contributed by atoms with van der Waals surface area (Å²) in [7, 11) is 0. The Labute approximate surface area is 147 Å². The third kappa shape index (κ3) is 4.82. The van der Waals surface area contributed by atoms with E-state index in [0.29, 0.717) is 38.1 Å².